The van der Waals surface area contributed by atoms with E-state index < -0.39 is 0 Å². The molecule has 0 amide bonds. The summed E-state index contributed by atoms with van der Waals surface area (Å²) < 4.78 is 10.7. The summed E-state index contributed by atoms with van der Waals surface area (Å²) in [5, 5.41) is 8.95. The number of rotatable bonds is 7. The van der Waals surface area contributed by atoms with Crippen molar-refractivity contribution in [1.29, 1.82) is 0 Å². The smallest absolute Gasteiger partial charge is 0.104 e. The van der Waals surface area contributed by atoms with E-state index in [9.17, 15) is 0 Å². The maximum absolute atomic E-state index is 8.95. The van der Waals surface area contributed by atoms with Gasteiger partial charge in [-0.1, -0.05) is 30.3 Å². The molecule has 3 nitrogen and oxygen atoms in total. The molecule has 3 heteroatoms. The highest BCUT2D eigenvalue weighted by molar-refractivity contribution is 5.13. The van der Waals surface area contributed by atoms with Gasteiger partial charge >= 0.3 is 0 Å². The molecule has 0 aromatic heterocycles. The monoisotopic (exact) mass is 210 g/mol. The molecule has 0 fully saturated rings. The second kappa shape index (κ2) is 7.40. The summed E-state index contributed by atoms with van der Waals surface area (Å²) in [5.74, 6) is 0. The van der Waals surface area contributed by atoms with Crippen LogP contribution in [0.15, 0.2) is 30.3 Å². The third kappa shape index (κ3) is 4.93. The molecule has 0 radical (unpaired) electrons. The number of aliphatic hydroxyl groups is 1. The Morgan fingerprint density at radius 2 is 2.00 bits per heavy atom. The van der Waals surface area contributed by atoms with Crippen LogP contribution in [0.1, 0.15) is 12.5 Å². The van der Waals surface area contributed by atoms with E-state index in [1.54, 1.807) is 0 Å². The summed E-state index contributed by atoms with van der Waals surface area (Å²) >= 11 is 0. The molecule has 0 bridgehead atoms. The van der Waals surface area contributed by atoms with Gasteiger partial charge in [0, 0.05) is 6.61 Å². The highest BCUT2D eigenvalue weighted by Gasteiger charge is 2.06. The molecule has 1 rings (SSSR count). The second-order valence-electron chi connectivity index (χ2n) is 3.26. The van der Waals surface area contributed by atoms with Crippen molar-refractivity contribution in [3.63, 3.8) is 0 Å². The number of hydrogen-bond donors (Lipinski definition) is 1. The largest absolute Gasteiger partial charge is 0.394 e. The molecule has 1 aromatic carbocycles. The first-order valence-electron chi connectivity index (χ1n) is 5.21. The molecule has 15 heavy (non-hydrogen) atoms. The lowest BCUT2D eigenvalue weighted by atomic mass is 10.2. The fourth-order valence-electron chi connectivity index (χ4n) is 1.27. The molecule has 0 aliphatic rings. The summed E-state index contributed by atoms with van der Waals surface area (Å²) in [6, 6.07) is 9.94. The Bertz CT molecular complexity index is 248. The topological polar surface area (TPSA) is 38.7 Å². The van der Waals surface area contributed by atoms with Crippen LogP contribution in [0, 0.1) is 0 Å². The number of benzene rings is 1. The Labute approximate surface area is 90.6 Å². The summed E-state index contributed by atoms with van der Waals surface area (Å²) in [7, 11) is 0. The molecule has 1 N–H and O–H groups in total. The van der Waals surface area contributed by atoms with E-state index in [4.69, 9.17) is 14.6 Å². The minimum atomic E-state index is -0.210. The summed E-state index contributed by atoms with van der Waals surface area (Å²) in [6.45, 7) is 3.49. The van der Waals surface area contributed by atoms with Gasteiger partial charge in [0.05, 0.1) is 19.8 Å². The maximum atomic E-state index is 8.95. The lowest BCUT2D eigenvalue weighted by molar-refractivity contribution is -0.0421. The van der Waals surface area contributed by atoms with Crippen LogP contribution in [0.3, 0.4) is 0 Å². The van der Waals surface area contributed by atoms with Crippen LogP contribution in [0.4, 0.5) is 0 Å². The first-order valence-corrected chi connectivity index (χ1v) is 5.21. The molecule has 1 aromatic rings. The van der Waals surface area contributed by atoms with Crippen molar-refractivity contribution < 1.29 is 14.6 Å². The van der Waals surface area contributed by atoms with E-state index in [-0.39, 0.29) is 12.7 Å². The quantitative estimate of drug-likeness (QED) is 0.743. The van der Waals surface area contributed by atoms with E-state index in [2.05, 4.69) is 0 Å². The highest BCUT2D eigenvalue weighted by atomic mass is 16.5. The van der Waals surface area contributed by atoms with Crippen LogP contribution in [-0.2, 0) is 16.1 Å². The predicted molar refractivity (Wildman–Crippen MR) is 58.6 cm³/mol. The van der Waals surface area contributed by atoms with Crippen molar-refractivity contribution in [2.75, 3.05) is 19.8 Å². The van der Waals surface area contributed by atoms with Crippen LogP contribution in [0.25, 0.3) is 0 Å². The maximum Gasteiger partial charge on any atom is 0.104 e. The van der Waals surface area contributed by atoms with Gasteiger partial charge in [-0.25, -0.2) is 0 Å². The van der Waals surface area contributed by atoms with Gasteiger partial charge in [-0.05, 0) is 12.5 Å². The average molecular weight is 210 g/mol. The van der Waals surface area contributed by atoms with Crippen molar-refractivity contribution in [2.24, 2.45) is 0 Å². The Kier molecular flexibility index (Phi) is 6.00. The Balaban J connectivity index is 2.20. The van der Waals surface area contributed by atoms with Crippen LogP contribution in [0.2, 0.25) is 0 Å². The van der Waals surface area contributed by atoms with Gasteiger partial charge in [-0.15, -0.1) is 0 Å². The van der Waals surface area contributed by atoms with Crippen molar-refractivity contribution in [3.05, 3.63) is 35.9 Å². The van der Waals surface area contributed by atoms with Gasteiger partial charge in [-0.3, -0.25) is 0 Å². The first-order chi connectivity index (χ1) is 7.36. The Morgan fingerprint density at radius 3 is 2.60 bits per heavy atom. The number of aliphatic hydroxyl groups excluding tert-OH is 1. The summed E-state index contributed by atoms with van der Waals surface area (Å²) in [6.07, 6.45) is -0.210. The highest BCUT2D eigenvalue weighted by Crippen LogP contribution is 2.01. The number of ether oxygens (including phenoxy) is 2. The van der Waals surface area contributed by atoms with E-state index in [0.717, 1.165) is 5.56 Å². The molecule has 1 atom stereocenters. The van der Waals surface area contributed by atoms with Gasteiger partial charge in [-0.2, -0.15) is 0 Å². The zero-order valence-electron chi connectivity index (χ0n) is 9.06. The molecule has 0 unspecified atom stereocenters. The SMILES string of the molecule is CCO[C@@H](CO)COCc1ccccc1. The first kappa shape index (κ1) is 12.2. The molecule has 0 saturated carbocycles. The van der Waals surface area contributed by atoms with E-state index >= 15 is 0 Å². The standard InChI is InChI=1S/C12H18O3/c1-2-15-12(8-13)10-14-9-11-6-4-3-5-7-11/h3-7,12-13H,2,8-10H2,1H3/t12-/m0/s1. The molecule has 0 aliphatic heterocycles. The summed E-state index contributed by atoms with van der Waals surface area (Å²) in [5.41, 5.74) is 1.13. The Morgan fingerprint density at radius 1 is 1.27 bits per heavy atom. The fraction of sp³-hybridized carbons (Fsp3) is 0.500. The van der Waals surface area contributed by atoms with Gasteiger partial charge in [0.15, 0.2) is 0 Å². The van der Waals surface area contributed by atoms with Gasteiger partial charge in [0.25, 0.3) is 0 Å². The third-order valence-corrected chi connectivity index (χ3v) is 2.02. The second-order valence-corrected chi connectivity index (χ2v) is 3.26. The molecule has 0 spiro atoms. The zero-order valence-corrected chi connectivity index (χ0v) is 9.06. The third-order valence-electron chi connectivity index (χ3n) is 2.02. The van der Waals surface area contributed by atoms with Crippen molar-refractivity contribution in [1.82, 2.24) is 0 Å². The molecule has 0 heterocycles. The molecule has 0 aliphatic carbocycles. The minimum absolute atomic E-state index is 0.00261. The molecular weight excluding hydrogens is 192 g/mol. The zero-order chi connectivity index (χ0) is 10.9. The van der Waals surface area contributed by atoms with Gasteiger partial charge in [0.1, 0.15) is 6.10 Å². The average Bonchev–Trinajstić information content (AvgIpc) is 2.29. The van der Waals surface area contributed by atoms with E-state index in [1.165, 1.54) is 0 Å². The van der Waals surface area contributed by atoms with Crippen LogP contribution in [0.5, 0.6) is 0 Å². The predicted octanol–water partition coefficient (Wildman–Crippen LogP) is 1.60. The molecular formula is C12H18O3. The van der Waals surface area contributed by atoms with Crippen LogP contribution < -0.4 is 0 Å². The van der Waals surface area contributed by atoms with Crippen molar-refractivity contribution >= 4 is 0 Å². The van der Waals surface area contributed by atoms with E-state index in [1.807, 2.05) is 37.3 Å². The fourth-order valence-corrected chi connectivity index (χ4v) is 1.27. The van der Waals surface area contributed by atoms with Crippen LogP contribution >= 0.6 is 0 Å². The van der Waals surface area contributed by atoms with Crippen molar-refractivity contribution in [3.8, 4) is 0 Å². The summed E-state index contributed by atoms with van der Waals surface area (Å²) in [4.78, 5) is 0. The van der Waals surface area contributed by atoms with Crippen molar-refractivity contribution in [2.45, 2.75) is 19.6 Å². The normalized spacial score (nSPS) is 12.7. The Hall–Kier alpha value is -0.900. The van der Waals surface area contributed by atoms with Crippen LogP contribution in [-0.4, -0.2) is 31.0 Å². The molecule has 84 valence electrons. The lowest BCUT2D eigenvalue weighted by Gasteiger charge is -2.14. The molecule has 0 saturated heterocycles. The lowest BCUT2D eigenvalue weighted by Crippen LogP contribution is -2.23. The van der Waals surface area contributed by atoms with Gasteiger partial charge in [0.2, 0.25) is 0 Å². The van der Waals surface area contributed by atoms with E-state index in [0.29, 0.717) is 19.8 Å². The number of hydrogen-bond acceptors (Lipinski definition) is 3. The van der Waals surface area contributed by atoms with Gasteiger partial charge < -0.3 is 14.6 Å². The minimum Gasteiger partial charge on any atom is -0.394 e.